The maximum absolute atomic E-state index is 2.66. The van der Waals surface area contributed by atoms with Gasteiger partial charge in [-0.1, -0.05) is 173 Å². The van der Waals surface area contributed by atoms with E-state index < -0.39 is 5.41 Å². The minimum absolute atomic E-state index is 0.0207. The SMILES string of the molecule is CC1(C)CCC(C)(C)c2c(N(c3ccc(-c4ccccc4)cc3)c3cc4c(cc3-c3ccc5c(c3)CCCC5)-c3ccccc3C43c4ccccc4-c4ccccc43)cccc21. The van der Waals surface area contributed by atoms with Crippen LogP contribution in [0.5, 0.6) is 0 Å². The number of nitrogens with zero attached hydrogens (tertiary/aromatic N) is 1. The molecular weight excluding hydrogens is 747 g/mol. The van der Waals surface area contributed by atoms with Gasteiger partial charge in [0.05, 0.1) is 16.8 Å². The molecule has 1 heteroatoms. The fourth-order valence-electron chi connectivity index (χ4n) is 12.2. The van der Waals surface area contributed by atoms with Gasteiger partial charge >= 0.3 is 0 Å². The van der Waals surface area contributed by atoms with Crippen LogP contribution in [0.4, 0.5) is 17.1 Å². The van der Waals surface area contributed by atoms with Crippen molar-refractivity contribution in [3.63, 3.8) is 0 Å². The fourth-order valence-corrected chi connectivity index (χ4v) is 12.2. The summed E-state index contributed by atoms with van der Waals surface area (Å²) >= 11 is 0. The lowest BCUT2D eigenvalue weighted by Crippen LogP contribution is -2.35. The maximum Gasteiger partial charge on any atom is 0.0726 e. The van der Waals surface area contributed by atoms with Gasteiger partial charge in [0.25, 0.3) is 0 Å². The van der Waals surface area contributed by atoms with Crippen molar-refractivity contribution in [2.75, 3.05) is 4.90 Å². The average Bonchev–Trinajstić information content (AvgIpc) is 3.77. The predicted octanol–water partition coefficient (Wildman–Crippen LogP) is 16.1. The van der Waals surface area contributed by atoms with Crippen LogP contribution < -0.4 is 4.90 Å². The van der Waals surface area contributed by atoms with Crippen LogP contribution in [0.1, 0.15) is 97.9 Å². The van der Waals surface area contributed by atoms with Crippen molar-refractivity contribution < 1.29 is 0 Å². The van der Waals surface area contributed by atoms with Gasteiger partial charge in [0, 0.05) is 11.3 Å². The minimum Gasteiger partial charge on any atom is -0.310 e. The smallest absolute Gasteiger partial charge is 0.0726 e. The first-order valence-corrected chi connectivity index (χ1v) is 22.9. The van der Waals surface area contributed by atoms with Crippen LogP contribution in [0.2, 0.25) is 0 Å². The summed E-state index contributed by atoms with van der Waals surface area (Å²) in [7, 11) is 0. The Balaban J connectivity index is 1.21. The molecule has 0 saturated carbocycles. The third kappa shape index (κ3) is 5.40. The summed E-state index contributed by atoms with van der Waals surface area (Å²) in [4.78, 5) is 2.66. The Bertz CT molecular complexity index is 3030. The van der Waals surface area contributed by atoms with Crippen molar-refractivity contribution in [2.24, 2.45) is 0 Å². The van der Waals surface area contributed by atoms with Crippen molar-refractivity contribution >= 4 is 17.1 Å². The van der Waals surface area contributed by atoms with Crippen LogP contribution in [-0.2, 0) is 29.1 Å². The second kappa shape index (κ2) is 13.8. The molecule has 0 fully saturated rings. The van der Waals surface area contributed by atoms with Crippen molar-refractivity contribution in [2.45, 2.75) is 82.5 Å². The highest BCUT2D eigenvalue weighted by Gasteiger charge is 2.52. The monoisotopic (exact) mass is 799 g/mol. The molecule has 302 valence electrons. The summed E-state index contributed by atoms with van der Waals surface area (Å²) in [6, 6.07) is 67.7. The van der Waals surface area contributed by atoms with E-state index in [1.807, 2.05) is 0 Å². The fraction of sp³-hybridized carbons (Fsp3) is 0.213. The Kier molecular flexibility index (Phi) is 8.30. The lowest BCUT2D eigenvalue weighted by atomic mass is 9.62. The van der Waals surface area contributed by atoms with Gasteiger partial charge in [0.15, 0.2) is 0 Å². The molecule has 0 heterocycles. The molecule has 4 aliphatic rings. The summed E-state index contributed by atoms with van der Waals surface area (Å²) < 4.78 is 0. The zero-order valence-electron chi connectivity index (χ0n) is 36.4. The van der Waals surface area contributed by atoms with Crippen LogP contribution in [-0.4, -0.2) is 0 Å². The third-order valence-corrected chi connectivity index (χ3v) is 15.3. The summed E-state index contributed by atoms with van der Waals surface area (Å²) in [5, 5.41) is 0. The van der Waals surface area contributed by atoms with Crippen LogP contribution in [0, 0.1) is 0 Å². The molecule has 0 N–H and O–H groups in total. The van der Waals surface area contributed by atoms with E-state index in [0.29, 0.717) is 0 Å². The van der Waals surface area contributed by atoms with E-state index in [1.165, 1.54) is 132 Å². The predicted molar refractivity (Wildman–Crippen MR) is 260 cm³/mol. The zero-order chi connectivity index (χ0) is 41.8. The summed E-state index contributed by atoms with van der Waals surface area (Å²) in [5.41, 5.74) is 25.1. The van der Waals surface area contributed by atoms with Crippen molar-refractivity contribution in [1.29, 1.82) is 0 Å². The lowest BCUT2D eigenvalue weighted by molar-refractivity contribution is 0.332. The van der Waals surface area contributed by atoms with Crippen LogP contribution in [0.3, 0.4) is 0 Å². The maximum atomic E-state index is 2.66. The molecule has 0 aromatic heterocycles. The number of benzene rings is 8. The highest BCUT2D eigenvalue weighted by atomic mass is 15.1. The van der Waals surface area contributed by atoms with Gasteiger partial charge in [0.1, 0.15) is 0 Å². The topological polar surface area (TPSA) is 3.24 Å². The first-order valence-electron chi connectivity index (χ1n) is 22.9. The number of fused-ring (bicyclic) bond motifs is 12. The first kappa shape index (κ1) is 37.3. The summed E-state index contributed by atoms with van der Waals surface area (Å²) in [5.74, 6) is 0. The lowest BCUT2D eigenvalue weighted by Gasteiger charge is -2.45. The molecule has 0 amide bonds. The first-order chi connectivity index (χ1) is 30.2. The van der Waals surface area contributed by atoms with Gasteiger partial charge in [-0.2, -0.15) is 0 Å². The Morgan fingerprint density at radius 1 is 0.371 bits per heavy atom. The van der Waals surface area contributed by atoms with Crippen LogP contribution in [0.25, 0.3) is 44.5 Å². The van der Waals surface area contributed by atoms with E-state index >= 15 is 0 Å². The largest absolute Gasteiger partial charge is 0.310 e. The molecule has 1 spiro atoms. The third-order valence-electron chi connectivity index (χ3n) is 15.3. The van der Waals surface area contributed by atoms with Crippen LogP contribution >= 0.6 is 0 Å². The van der Waals surface area contributed by atoms with Gasteiger partial charge in [-0.3, -0.25) is 0 Å². The standard InChI is InChI=1S/C61H53N/c1-59(2)35-36-60(3,4)58-54(59)27-16-28-56(58)62(45-33-31-42(32-34-45)40-17-6-5-7-18-40)57-39-55-50(38-49(57)44-30-29-41-19-8-9-20-43(41)37-44)48-23-12-15-26-53(48)61(55)51-24-13-10-21-46(51)47-22-11-14-25-52(47)61/h5-7,10-18,21-34,37-39H,8-9,19-20,35-36H2,1-4H3. The molecule has 1 nitrogen and oxygen atoms in total. The molecule has 0 bridgehead atoms. The second-order valence-corrected chi connectivity index (χ2v) is 19.7. The van der Waals surface area contributed by atoms with Gasteiger partial charge in [-0.15, -0.1) is 0 Å². The molecular formula is C61H53N. The normalized spacial score (nSPS) is 16.7. The number of aryl methyl sites for hydroxylation is 2. The van der Waals surface area contributed by atoms with Gasteiger partial charge in [-0.05, 0) is 163 Å². The zero-order valence-corrected chi connectivity index (χ0v) is 36.4. The van der Waals surface area contributed by atoms with E-state index in [2.05, 4.69) is 209 Å². The van der Waals surface area contributed by atoms with Crippen molar-refractivity contribution in [1.82, 2.24) is 0 Å². The van der Waals surface area contributed by atoms with Gasteiger partial charge in [-0.25, -0.2) is 0 Å². The van der Waals surface area contributed by atoms with E-state index in [1.54, 1.807) is 0 Å². The Labute approximate surface area is 367 Å². The summed E-state index contributed by atoms with van der Waals surface area (Å²) in [6.07, 6.45) is 7.14. The van der Waals surface area contributed by atoms with E-state index in [-0.39, 0.29) is 10.8 Å². The Morgan fingerprint density at radius 3 is 1.60 bits per heavy atom. The molecule has 0 aliphatic heterocycles. The highest BCUT2D eigenvalue weighted by molar-refractivity contribution is 6.00. The van der Waals surface area contributed by atoms with E-state index in [0.717, 1.165) is 12.8 Å². The second-order valence-electron chi connectivity index (χ2n) is 19.7. The van der Waals surface area contributed by atoms with Gasteiger partial charge in [0.2, 0.25) is 0 Å². The molecule has 62 heavy (non-hydrogen) atoms. The number of hydrogen-bond donors (Lipinski definition) is 0. The molecule has 0 radical (unpaired) electrons. The minimum atomic E-state index is -0.456. The average molecular weight is 800 g/mol. The van der Waals surface area contributed by atoms with Crippen molar-refractivity contribution in [3.8, 4) is 44.5 Å². The number of rotatable bonds is 5. The quantitative estimate of drug-likeness (QED) is 0.168. The molecule has 12 rings (SSSR count). The highest BCUT2D eigenvalue weighted by Crippen LogP contribution is 2.64. The molecule has 8 aromatic carbocycles. The number of anilines is 3. The number of hydrogen-bond acceptors (Lipinski definition) is 1. The molecule has 0 unspecified atom stereocenters. The van der Waals surface area contributed by atoms with Gasteiger partial charge < -0.3 is 4.90 Å². The van der Waals surface area contributed by atoms with E-state index in [9.17, 15) is 0 Å². The van der Waals surface area contributed by atoms with E-state index in [4.69, 9.17) is 0 Å². The molecule has 0 saturated heterocycles. The Morgan fingerprint density at radius 2 is 0.919 bits per heavy atom. The summed E-state index contributed by atoms with van der Waals surface area (Å²) in [6.45, 7) is 9.86. The van der Waals surface area contributed by atoms with Crippen LogP contribution in [0.15, 0.2) is 176 Å². The Hall–Kier alpha value is -6.44. The molecule has 0 atom stereocenters. The molecule has 4 aliphatic carbocycles. The molecule has 8 aromatic rings. The van der Waals surface area contributed by atoms with Crippen molar-refractivity contribution in [3.05, 3.63) is 220 Å².